The molecular weight excluding hydrogens is 357 g/mol. The summed E-state index contributed by atoms with van der Waals surface area (Å²) in [6, 6.07) is 12.5. The lowest BCUT2D eigenvalue weighted by Crippen LogP contribution is -2.15. The van der Waals surface area contributed by atoms with Crippen LogP contribution in [0.1, 0.15) is 22.3 Å². The molecule has 0 atom stereocenters. The average molecular weight is 378 g/mol. The minimum atomic E-state index is -0.177. The van der Waals surface area contributed by atoms with Crippen molar-refractivity contribution in [3.8, 4) is 5.75 Å². The number of para-hydroxylation sites is 1. The minimum Gasteiger partial charge on any atom is -0.493 e. The van der Waals surface area contributed by atoms with Gasteiger partial charge in [-0.2, -0.15) is 0 Å². The molecule has 0 unspecified atom stereocenters. The van der Waals surface area contributed by atoms with Gasteiger partial charge in [-0.15, -0.1) is 0 Å². The van der Waals surface area contributed by atoms with Crippen molar-refractivity contribution in [3.63, 3.8) is 0 Å². The van der Waals surface area contributed by atoms with Crippen LogP contribution in [0.15, 0.2) is 48.5 Å². The van der Waals surface area contributed by atoms with E-state index in [2.05, 4.69) is 4.90 Å². The van der Waals surface area contributed by atoms with Gasteiger partial charge in [-0.25, -0.2) is 0 Å². The van der Waals surface area contributed by atoms with Crippen molar-refractivity contribution < 1.29 is 9.53 Å². The van der Waals surface area contributed by atoms with E-state index in [1.54, 1.807) is 24.3 Å². The molecule has 5 heteroatoms. The largest absolute Gasteiger partial charge is 0.493 e. The van der Waals surface area contributed by atoms with Gasteiger partial charge < -0.3 is 9.64 Å². The Kier molecular flexibility index (Phi) is 7.51. The molecule has 2 aromatic rings. The molecule has 0 aliphatic heterocycles. The minimum absolute atomic E-state index is 0.177. The van der Waals surface area contributed by atoms with Crippen LogP contribution in [0.4, 0.5) is 0 Å². The van der Waals surface area contributed by atoms with E-state index in [0.717, 1.165) is 24.3 Å². The van der Waals surface area contributed by atoms with Gasteiger partial charge in [0.25, 0.3) is 0 Å². The molecule has 0 saturated carbocycles. The number of rotatable bonds is 8. The molecule has 2 rings (SSSR count). The topological polar surface area (TPSA) is 29.5 Å². The number of ether oxygens (including phenoxy) is 1. The summed E-state index contributed by atoms with van der Waals surface area (Å²) in [7, 11) is 4.06. The molecule has 3 nitrogen and oxygen atoms in total. The van der Waals surface area contributed by atoms with Crippen molar-refractivity contribution in [3.05, 3.63) is 69.7 Å². The number of allylic oxidation sites excluding steroid dienone is 1. The van der Waals surface area contributed by atoms with E-state index in [4.69, 9.17) is 27.9 Å². The van der Waals surface area contributed by atoms with Gasteiger partial charge in [-0.3, -0.25) is 4.79 Å². The Hall–Kier alpha value is -1.81. The molecule has 0 N–H and O–H groups in total. The van der Waals surface area contributed by atoms with Gasteiger partial charge in [0, 0.05) is 22.7 Å². The zero-order valence-corrected chi connectivity index (χ0v) is 15.8. The number of carbonyl (C=O) groups is 1. The van der Waals surface area contributed by atoms with E-state index < -0.39 is 0 Å². The average Bonchev–Trinajstić information content (AvgIpc) is 2.57. The first kappa shape index (κ1) is 19.5. The number of hydrogen-bond acceptors (Lipinski definition) is 3. The van der Waals surface area contributed by atoms with Crippen LogP contribution in [-0.4, -0.2) is 37.9 Å². The molecule has 0 amide bonds. The lowest BCUT2D eigenvalue weighted by molar-refractivity contribution is 0.104. The third kappa shape index (κ3) is 6.20. The number of carbonyl (C=O) groups excluding carboxylic acids is 1. The molecule has 25 heavy (non-hydrogen) atoms. The van der Waals surface area contributed by atoms with E-state index in [1.807, 2.05) is 38.4 Å². The van der Waals surface area contributed by atoms with E-state index in [1.165, 1.54) is 6.08 Å². The lowest BCUT2D eigenvalue weighted by atomic mass is 10.1. The predicted molar refractivity (Wildman–Crippen MR) is 105 cm³/mol. The predicted octanol–water partition coefficient (Wildman–Crippen LogP) is 5.22. The van der Waals surface area contributed by atoms with Gasteiger partial charge in [0.1, 0.15) is 5.75 Å². The second-order valence-electron chi connectivity index (χ2n) is 5.86. The van der Waals surface area contributed by atoms with Crippen LogP contribution in [-0.2, 0) is 0 Å². The Labute approximate surface area is 158 Å². The Morgan fingerprint density at radius 1 is 1.16 bits per heavy atom. The quantitative estimate of drug-likeness (QED) is 0.358. The van der Waals surface area contributed by atoms with Crippen molar-refractivity contribution in [2.75, 3.05) is 27.2 Å². The highest BCUT2D eigenvalue weighted by Gasteiger charge is 2.08. The molecule has 0 bridgehead atoms. The summed E-state index contributed by atoms with van der Waals surface area (Å²) in [5.74, 6) is 0.580. The Balaban J connectivity index is 2.06. The highest BCUT2D eigenvalue weighted by molar-refractivity contribution is 6.37. The molecule has 132 valence electrons. The summed E-state index contributed by atoms with van der Waals surface area (Å²) in [5.41, 5.74) is 1.28. The maximum atomic E-state index is 12.3. The fourth-order valence-electron chi connectivity index (χ4n) is 2.26. The molecule has 0 radical (unpaired) electrons. The van der Waals surface area contributed by atoms with Crippen LogP contribution in [0, 0.1) is 0 Å². The first-order valence-corrected chi connectivity index (χ1v) is 8.77. The zero-order chi connectivity index (χ0) is 18.2. The number of halogens is 2. The monoisotopic (exact) mass is 377 g/mol. The first-order valence-electron chi connectivity index (χ1n) is 8.01. The van der Waals surface area contributed by atoms with Crippen molar-refractivity contribution in [2.24, 2.45) is 0 Å². The SMILES string of the molecule is CN(C)CCCOc1ccccc1C=CC(=O)c1ccc(Cl)cc1Cl. The third-order valence-corrected chi connectivity index (χ3v) is 4.08. The summed E-state index contributed by atoms with van der Waals surface area (Å²) in [6.45, 7) is 1.59. The smallest absolute Gasteiger partial charge is 0.187 e. The summed E-state index contributed by atoms with van der Waals surface area (Å²) >= 11 is 11.9. The Morgan fingerprint density at radius 2 is 1.92 bits per heavy atom. The van der Waals surface area contributed by atoms with E-state index in [-0.39, 0.29) is 5.78 Å². The van der Waals surface area contributed by atoms with E-state index in [9.17, 15) is 4.79 Å². The molecule has 2 aromatic carbocycles. The number of benzene rings is 2. The fraction of sp³-hybridized carbons (Fsp3) is 0.250. The van der Waals surface area contributed by atoms with Gasteiger partial charge in [-0.05, 0) is 56.9 Å². The molecule has 0 fully saturated rings. The standard InChI is InChI=1S/C20H21Cl2NO2/c1-23(2)12-5-13-25-20-7-4-3-6-15(20)8-11-19(24)17-10-9-16(21)14-18(17)22/h3-4,6-11,14H,5,12-13H2,1-2H3. The summed E-state index contributed by atoms with van der Waals surface area (Å²) in [5, 5.41) is 0.845. The highest BCUT2D eigenvalue weighted by Crippen LogP contribution is 2.23. The van der Waals surface area contributed by atoms with Crippen LogP contribution in [0.25, 0.3) is 6.08 Å². The van der Waals surface area contributed by atoms with E-state index in [0.29, 0.717) is 22.2 Å². The van der Waals surface area contributed by atoms with Crippen LogP contribution in [0.5, 0.6) is 5.75 Å². The maximum absolute atomic E-state index is 12.3. The van der Waals surface area contributed by atoms with Crippen LogP contribution in [0.2, 0.25) is 10.0 Å². The van der Waals surface area contributed by atoms with Crippen LogP contribution >= 0.6 is 23.2 Å². The Bertz CT molecular complexity index is 757. The van der Waals surface area contributed by atoms with E-state index >= 15 is 0 Å². The Morgan fingerprint density at radius 3 is 2.64 bits per heavy atom. The van der Waals surface area contributed by atoms with Gasteiger partial charge in [0.05, 0.1) is 11.6 Å². The molecular formula is C20H21Cl2NO2. The molecule has 0 heterocycles. The first-order chi connectivity index (χ1) is 12.0. The van der Waals surface area contributed by atoms with Gasteiger partial charge in [0.2, 0.25) is 0 Å². The molecule has 0 aliphatic carbocycles. The van der Waals surface area contributed by atoms with Gasteiger partial charge in [-0.1, -0.05) is 41.4 Å². The second kappa shape index (κ2) is 9.62. The molecule has 0 aliphatic rings. The molecule has 0 saturated heterocycles. The normalized spacial score (nSPS) is 11.2. The van der Waals surface area contributed by atoms with Crippen LogP contribution < -0.4 is 4.74 Å². The summed E-state index contributed by atoms with van der Waals surface area (Å²) in [6.07, 6.45) is 4.18. The maximum Gasteiger partial charge on any atom is 0.187 e. The van der Waals surface area contributed by atoms with Crippen molar-refractivity contribution in [1.29, 1.82) is 0 Å². The molecule has 0 spiro atoms. The fourth-order valence-corrected chi connectivity index (χ4v) is 2.76. The van der Waals surface area contributed by atoms with Crippen molar-refractivity contribution in [2.45, 2.75) is 6.42 Å². The van der Waals surface area contributed by atoms with Gasteiger partial charge >= 0.3 is 0 Å². The van der Waals surface area contributed by atoms with Crippen molar-refractivity contribution in [1.82, 2.24) is 4.90 Å². The van der Waals surface area contributed by atoms with Crippen molar-refractivity contribution >= 4 is 35.1 Å². The number of ketones is 1. The number of nitrogens with zero attached hydrogens (tertiary/aromatic N) is 1. The number of hydrogen-bond donors (Lipinski definition) is 0. The zero-order valence-electron chi connectivity index (χ0n) is 14.3. The second-order valence-corrected chi connectivity index (χ2v) is 6.71. The molecule has 0 aromatic heterocycles. The third-order valence-electron chi connectivity index (χ3n) is 3.54. The summed E-state index contributed by atoms with van der Waals surface area (Å²) < 4.78 is 5.83. The highest BCUT2D eigenvalue weighted by atomic mass is 35.5. The van der Waals surface area contributed by atoms with Crippen LogP contribution in [0.3, 0.4) is 0 Å². The van der Waals surface area contributed by atoms with Gasteiger partial charge in [0.15, 0.2) is 5.78 Å². The summed E-state index contributed by atoms with van der Waals surface area (Å²) in [4.78, 5) is 14.5. The lowest BCUT2D eigenvalue weighted by Gasteiger charge is -2.11.